The fraction of sp³-hybridized carbons (Fsp3) is 0.500. The van der Waals surface area contributed by atoms with Crippen molar-refractivity contribution in [1.82, 2.24) is 0 Å². The Morgan fingerprint density at radius 3 is 2.89 bits per heavy atom. The fourth-order valence-electron chi connectivity index (χ4n) is 2.50. The highest BCUT2D eigenvalue weighted by atomic mass is 16.7. The number of hydrogen-bond donors (Lipinski definition) is 1. The van der Waals surface area contributed by atoms with E-state index in [-0.39, 0.29) is 11.9 Å². The van der Waals surface area contributed by atoms with E-state index in [1.165, 1.54) is 0 Å². The quantitative estimate of drug-likeness (QED) is 0.820. The van der Waals surface area contributed by atoms with Gasteiger partial charge in [-0.05, 0) is 5.56 Å². The lowest BCUT2D eigenvalue weighted by atomic mass is 9.95. The normalized spacial score (nSPS) is 33.8. The maximum Gasteiger partial charge on any atom is 0.306 e. The average Bonchev–Trinajstić information content (AvgIpc) is 2.81. The van der Waals surface area contributed by atoms with Crippen LogP contribution in [0.2, 0.25) is 0 Å². The Balaban J connectivity index is 1.59. The molecule has 2 fully saturated rings. The first-order valence-corrected chi connectivity index (χ1v) is 6.39. The molecule has 0 bridgehead atoms. The molecule has 19 heavy (non-hydrogen) atoms. The molecule has 0 unspecified atom stereocenters. The molecule has 2 saturated heterocycles. The lowest BCUT2D eigenvalue weighted by molar-refractivity contribution is -0.256. The summed E-state index contributed by atoms with van der Waals surface area (Å²) in [6.45, 7) is 0.737. The van der Waals surface area contributed by atoms with Gasteiger partial charge in [-0.25, -0.2) is 0 Å². The topological polar surface area (TPSA) is 65.0 Å². The van der Waals surface area contributed by atoms with Gasteiger partial charge in [-0.15, -0.1) is 0 Å². The molecule has 2 aliphatic heterocycles. The molecule has 0 aliphatic carbocycles. The second kappa shape index (κ2) is 5.28. The van der Waals surface area contributed by atoms with E-state index in [4.69, 9.17) is 14.2 Å². The summed E-state index contributed by atoms with van der Waals surface area (Å²) in [5.41, 5.74) is 1.00. The number of ether oxygens (including phenoxy) is 3. The molecule has 2 heterocycles. The Labute approximate surface area is 111 Å². The molecule has 1 N–H and O–H groups in total. The average molecular weight is 264 g/mol. The van der Waals surface area contributed by atoms with Gasteiger partial charge in [0, 0.05) is 5.92 Å². The highest BCUT2D eigenvalue weighted by Crippen LogP contribution is 2.32. The summed E-state index contributed by atoms with van der Waals surface area (Å²) in [4.78, 5) is 11.2. The number of aliphatic hydroxyl groups excluding tert-OH is 1. The number of esters is 1. The molecule has 4 atom stereocenters. The monoisotopic (exact) mass is 264 g/mol. The summed E-state index contributed by atoms with van der Waals surface area (Å²) >= 11 is 0. The van der Waals surface area contributed by atoms with Gasteiger partial charge in [-0.3, -0.25) is 4.79 Å². The third-order valence-electron chi connectivity index (χ3n) is 3.51. The Hall–Kier alpha value is -1.43. The number of hydrogen-bond acceptors (Lipinski definition) is 5. The van der Waals surface area contributed by atoms with E-state index in [9.17, 15) is 9.90 Å². The highest BCUT2D eigenvalue weighted by molar-refractivity contribution is 5.72. The van der Waals surface area contributed by atoms with E-state index >= 15 is 0 Å². The number of rotatable bonds is 3. The van der Waals surface area contributed by atoms with Gasteiger partial charge in [0.1, 0.15) is 12.2 Å². The minimum atomic E-state index is -0.922. The van der Waals surface area contributed by atoms with Gasteiger partial charge < -0.3 is 19.3 Å². The maximum absolute atomic E-state index is 11.2. The molecule has 0 spiro atoms. The van der Waals surface area contributed by atoms with Crippen LogP contribution in [0, 0.1) is 5.92 Å². The molecule has 1 aromatic rings. The van der Waals surface area contributed by atoms with Crippen LogP contribution in [-0.4, -0.2) is 36.2 Å². The van der Waals surface area contributed by atoms with E-state index < -0.39 is 18.5 Å². The number of aliphatic hydroxyl groups is 1. The van der Waals surface area contributed by atoms with Crippen LogP contribution in [0.4, 0.5) is 0 Å². The van der Waals surface area contributed by atoms with Crippen molar-refractivity contribution in [2.24, 2.45) is 5.92 Å². The number of carbonyl (C=O) groups is 1. The zero-order chi connectivity index (χ0) is 13.2. The molecule has 0 saturated carbocycles. The van der Waals surface area contributed by atoms with Crippen LogP contribution in [0.3, 0.4) is 0 Å². The zero-order valence-electron chi connectivity index (χ0n) is 10.4. The van der Waals surface area contributed by atoms with Gasteiger partial charge in [-0.1, -0.05) is 30.3 Å². The summed E-state index contributed by atoms with van der Waals surface area (Å²) in [5.74, 6) is -0.333. The lowest BCUT2D eigenvalue weighted by Crippen LogP contribution is -2.49. The Morgan fingerprint density at radius 1 is 1.32 bits per heavy atom. The lowest BCUT2D eigenvalue weighted by Gasteiger charge is -2.34. The SMILES string of the molecule is O=C1C[C@H]2CO[C@H](OCc3ccccc3)[C@H](O)[C@H]2O1. The number of fused-ring (bicyclic) bond motifs is 1. The number of benzene rings is 1. The van der Waals surface area contributed by atoms with Crippen LogP contribution >= 0.6 is 0 Å². The summed E-state index contributed by atoms with van der Waals surface area (Å²) < 4.78 is 16.1. The van der Waals surface area contributed by atoms with E-state index in [1.807, 2.05) is 30.3 Å². The molecule has 1 aromatic carbocycles. The fourth-order valence-corrected chi connectivity index (χ4v) is 2.50. The highest BCUT2D eigenvalue weighted by Gasteiger charge is 2.47. The van der Waals surface area contributed by atoms with Crippen molar-refractivity contribution in [3.05, 3.63) is 35.9 Å². The molecule has 5 nitrogen and oxygen atoms in total. The van der Waals surface area contributed by atoms with Crippen LogP contribution in [0.5, 0.6) is 0 Å². The third kappa shape index (κ3) is 2.63. The molecule has 102 valence electrons. The summed E-state index contributed by atoms with van der Waals surface area (Å²) in [5, 5.41) is 10.1. The first-order chi connectivity index (χ1) is 9.24. The first-order valence-electron chi connectivity index (χ1n) is 6.39. The van der Waals surface area contributed by atoms with E-state index in [2.05, 4.69) is 0 Å². The predicted octanol–water partition coefficient (Wildman–Crippen LogP) is 0.852. The molecule has 5 heteroatoms. The summed E-state index contributed by atoms with van der Waals surface area (Å²) in [7, 11) is 0. The molecule has 3 rings (SSSR count). The van der Waals surface area contributed by atoms with E-state index in [1.54, 1.807) is 0 Å². The molecule has 0 aromatic heterocycles. The second-order valence-electron chi connectivity index (χ2n) is 4.91. The standard InChI is InChI=1S/C14H16O5/c15-11-6-10-8-18-14(12(16)13(10)19-11)17-7-9-4-2-1-3-5-9/h1-5,10,12-14,16H,6-8H2/t10-,12+,13-,14-/m0/s1. The van der Waals surface area contributed by atoms with E-state index in [0.29, 0.717) is 19.6 Å². The number of carbonyl (C=O) groups excluding carboxylic acids is 1. The van der Waals surface area contributed by atoms with Crippen molar-refractivity contribution in [1.29, 1.82) is 0 Å². The van der Waals surface area contributed by atoms with Gasteiger partial charge in [0.25, 0.3) is 0 Å². The Morgan fingerprint density at radius 2 is 2.11 bits per heavy atom. The smallest absolute Gasteiger partial charge is 0.306 e. The predicted molar refractivity (Wildman–Crippen MR) is 65.0 cm³/mol. The van der Waals surface area contributed by atoms with Crippen molar-refractivity contribution in [2.45, 2.75) is 31.5 Å². The minimum Gasteiger partial charge on any atom is -0.459 e. The van der Waals surface area contributed by atoms with Crippen molar-refractivity contribution < 1.29 is 24.1 Å². The molecular weight excluding hydrogens is 248 g/mol. The van der Waals surface area contributed by atoms with Crippen LogP contribution in [0.25, 0.3) is 0 Å². The van der Waals surface area contributed by atoms with Gasteiger partial charge >= 0.3 is 5.97 Å². The van der Waals surface area contributed by atoms with Crippen LogP contribution in [0.1, 0.15) is 12.0 Å². The molecule has 0 amide bonds. The summed E-state index contributed by atoms with van der Waals surface area (Å²) in [6, 6.07) is 9.65. The third-order valence-corrected chi connectivity index (χ3v) is 3.51. The van der Waals surface area contributed by atoms with Crippen molar-refractivity contribution in [3.63, 3.8) is 0 Å². The van der Waals surface area contributed by atoms with Gasteiger partial charge in [0.15, 0.2) is 6.29 Å². The van der Waals surface area contributed by atoms with Gasteiger partial charge in [0.05, 0.1) is 19.6 Å². The van der Waals surface area contributed by atoms with Gasteiger partial charge in [-0.2, -0.15) is 0 Å². The first kappa shape index (κ1) is 12.6. The van der Waals surface area contributed by atoms with Crippen LogP contribution in [-0.2, 0) is 25.6 Å². The van der Waals surface area contributed by atoms with Crippen molar-refractivity contribution in [3.8, 4) is 0 Å². The second-order valence-corrected chi connectivity index (χ2v) is 4.91. The Bertz CT molecular complexity index is 446. The Kier molecular flexibility index (Phi) is 3.50. The van der Waals surface area contributed by atoms with E-state index in [0.717, 1.165) is 5.56 Å². The van der Waals surface area contributed by atoms with Crippen LogP contribution in [0.15, 0.2) is 30.3 Å². The van der Waals surface area contributed by atoms with Crippen molar-refractivity contribution >= 4 is 5.97 Å². The zero-order valence-corrected chi connectivity index (χ0v) is 10.4. The van der Waals surface area contributed by atoms with Crippen molar-refractivity contribution in [2.75, 3.05) is 6.61 Å². The summed E-state index contributed by atoms with van der Waals surface area (Å²) in [6.07, 6.45) is -1.85. The molecule has 2 aliphatic rings. The van der Waals surface area contributed by atoms with Gasteiger partial charge in [0.2, 0.25) is 0 Å². The van der Waals surface area contributed by atoms with Crippen LogP contribution < -0.4 is 0 Å². The maximum atomic E-state index is 11.2. The minimum absolute atomic E-state index is 0.0564. The molecular formula is C14H16O5. The largest absolute Gasteiger partial charge is 0.459 e. The molecule has 0 radical (unpaired) electrons.